The summed E-state index contributed by atoms with van der Waals surface area (Å²) in [5.41, 5.74) is 3.88. The van der Waals surface area contributed by atoms with E-state index in [4.69, 9.17) is 15.0 Å². The number of hydrogen-bond acceptors (Lipinski definition) is 2. The molecule has 0 bridgehead atoms. The number of hydrogen-bond donors (Lipinski definition) is 2. The van der Waals surface area contributed by atoms with Gasteiger partial charge >= 0.3 is 0 Å². The van der Waals surface area contributed by atoms with Crippen LogP contribution < -0.4 is 10.8 Å². The molecular formula is C17H37NO3. The maximum atomic E-state index is 8.44. The highest BCUT2D eigenvalue weighted by Gasteiger charge is 1.93. The lowest BCUT2D eigenvalue weighted by Crippen LogP contribution is -2.50. The van der Waals surface area contributed by atoms with Crippen molar-refractivity contribution in [2.75, 3.05) is 6.54 Å². The van der Waals surface area contributed by atoms with Gasteiger partial charge in [0, 0.05) is 0 Å². The van der Waals surface area contributed by atoms with Gasteiger partial charge < -0.3 is 20.7 Å². The van der Waals surface area contributed by atoms with Crippen LogP contribution in [0.4, 0.5) is 4.79 Å². The van der Waals surface area contributed by atoms with Gasteiger partial charge in [0.15, 0.2) is 0 Å². The number of quaternary nitrogens is 1. The minimum atomic E-state index is -2.08. The van der Waals surface area contributed by atoms with Gasteiger partial charge in [0.05, 0.1) is 6.54 Å². The molecule has 21 heavy (non-hydrogen) atoms. The van der Waals surface area contributed by atoms with Crippen LogP contribution >= 0.6 is 0 Å². The Bertz CT molecular complexity index is 180. The molecule has 0 aromatic carbocycles. The van der Waals surface area contributed by atoms with E-state index in [9.17, 15) is 0 Å². The molecule has 0 aromatic heterocycles. The van der Waals surface area contributed by atoms with Crippen LogP contribution in [-0.2, 0) is 0 Å². The van der Waals surface area contributed by atoms with Crippen molar-refractivity contribution in [2.45, 2.75) is 96.8 Å². The molecule has 0 aromatic rings. The van der Waals surface area contributed by atoms with Crippen molar-refractivity contribution in [1.82, 2.24) is 0 Å². The van der Waals surface area contributed by atoms with Crippen LogP contribution in [0.2, 0.25) is 0 Å². The maximum absolute atomic E-state index is 8.44. The van der Waals surface area contributed by atoms with E-state index in [0.29, 0.717) is 0 Å². The summed E-state index contributed by atoms with van der Waals surface area (Å²) in [6.45, 7) is 3.41. The summed E-state index contributed by atoms with van der Waals surface area (Å²) in [5, 5.41) is 15.3. The largest absolute Gasteiger partial charge is 0.565 e. The van der Waals surface area contributed by atoms with Crippen LogP contribution in [0, 0.1) is 0 Å². The van der Waals surface area contributed by atoms with Crippen molar-refractivity contribution in [3.8, 4) is 0 Å². The van der Waals surface area contributed by atoms with Crippen LogP contribution in [-0.4, -0.2) is 17.8 Å². The van der Waals surface area contributed by atoms with Gasteiger partial charge in [-0.15, -0.1) is 0 Å². The van der Waals surface area contributed by atoms with Crippen molar-refractivity contribution in [3.63, 3.8) is 0 Å². The smallest absolute Gasteiger partial charge is 0.249 e. The Labute approximate surface area is 131 Å². The number of carboxylic acid groups (broad SMARTS) is 2. The fourth-order valence-corrected chi connectivity index (χ4v) is 2.37. The first-order valence-corrected chi connectivity index (χ1v) is 8.84. The van der Waals surface area contributed by atoms with Gasteiger partial charge in [-0.05, 0) is 12.8 Å². The highest BCUT2D eigenvalue weighted by molar-refractivity contribution is 5.50. The van der Waals surface area contributed by atoms with E-state index in [1.54, 1.807) is 0 Å². The summed E-state index contributed by atoms with van der Waals surface area (Å²) in [6, 6.07) is 0. The average Bonchev–Trinajstić information content (AvgIpc) is 2.43. The summed E-state index contributed by atoms with van der Waals surface area (Å²) in [5.74, 6) is 0. The first-order chi connectivity index (χ1) is 10.1. The van der Waals surface area contributed by atoms with Crippen LogP contribution in [0.3, 0.4) is 0 Å². The number of carbonyl (C=O) groups is 1. The zero-order valence-corrected chi connectivity index (χ0v) is 14.1. The Balaban J connectivity index is 0. The zero-order chi connectivity index (χ0) is 16.2. The molecule has 0 radical (unpaired) electrons. The van der Waals surface area contributed by atoms with Crippen molar-refractivity contribution < 1.29 is 20.7 Å². The van der Waals surface area contributed by atoms with Crippen LogP contribution in [0.5, 0.6) is 0 Å². The molecule has 0 aliphatic heterocycles. The van der Waals surface area contributed by atoms with E-state index < -0.39 is 6.16 Å². The summed E-state index contributed by atoms with van der Waals surface area (Å²) < 4.78 is 0. The molecule has 0 aliphatic carbocycles. The molecule has 0 amide bonds. The van der Waals surface area contributed by atoms with Crippen molar-refractivity contribution >= 4 is 6.16 Å². The van der Waals surface area contributed by atoms with Gasteiger partial charge in [0.25, 0.3) is 0 Å². The first-order valence-electron chi connectivity index (χ1n) is 8.84. The fourth-order valence-electron chi connectivity index (χ4n) is 2.37. The van der Waals surface area contributed by atoms with Gasteiger partial charge in [0.2, 0.25) is 6.16 Å². The topological polar surface area (TPSA) is 88.0 Å². The normalized spacial score (nSPS) is 10.0. The van der Waals surface area contributed by atoms with Crippen LogP contribution in [0.15, 0.2) is 0 Å². The minimum absolute atomic E-state index is 1.12. The van der Waals surface area contributed by atoms with E-state index in [-0.39, 0.29) is 0 Å². The molecule has 4 heteroatoms. The monoisotopic (exact) mass is 303 g/mol. The average molecular weight is 303 g/mol. The second-order valence-electron chi connectivity index (χ2n) is 5.72. The van der Waals surface area contributed by atoms with Crippen molar-refractivity contribution in [1.29, 1.82) is 0 Å². The number of rotatable bonds is 14. The predicted octanol–water partition coefficient (Wildman–Crippen LogP) is 3.60. The quantitative estimate of drug-likeness (QED) is 0.481. The van der Waals surface area contributed by atoms with Gasteiger partial charge in [-0.25, -0.2) is 0 Å². The van der Waals surface area contributed by atoms with Crippen LogP contribution in [0.1, 0.15) is 96.8 Å². The lowest BCUT2D eigenvalue weighted by atomic mass is 10.0. The Morgan fingerprint density at radius 1 is 0.762 bits per heavy atom. The molecule has 0 unspecified atom stereocenters. The summed E-state index contributed by atoms with van der Waals surface area (Å²) in [4.78, 5) is 8.44. The minimum Gasteiger partial charge on any atom is -0.565 e. The lowest BCUT2D eigenvalue weighted by Gasteiger charge is -2.02. The van der Waals surface area contributed by atoms with Gasteiger partial charge in [-0.1, -0.05) is 84.0 Å². The van der Waals surface area contributed by atoms with Crippen molar-refractivity contribution in [2.24, 2.45) is 0 Å². The molecule has 128 valence electrons. The molecular weight excluding hydrogens is 266 g/mol. The third kappa shape index (κ3) is 32.6. The second kappa shape index (κ2) is 21.5. The van der Waals surface area contributed by atoms with E-state index >= 15 is 0 Å². The van der Waals surface area contributed by atoms with Crippen LogP contribution in [0.25, 0.3) is 0 Å². The molecule has 0 heterocycles. The SMILES string of the molecule is CCCCCCCCCCCCCCCC[NH3+].O=C([O-])O. The number of unbranched alkanes of at least 4 members (excludes halogenated alkanes) is 13. The van der Waals surface area contributed by atoms with E-state index in [0.717, 1.165) is 6.54 Å². The Morgan fingerprint density at radius 2 is 1.00 bits per heavy atom. The second-order valence-corrected chi connectivity index (χ2v) is 5.72. The fraction of sp³-hybridized carbons (Fsp3) is 0.941. The highest BCUT2D eigenvalue weighted by atomic mass is 16.6. The molecule has 4 nitrogen and oxygen atoms in total. The molecule has 0 spiro atoms. The van der Waals surface area contributed by atoms with Gasteiger partial charge in [-0.2, -0.15) is 0 Å². The Morgan fingerprint density at radius 3 is 1.24 bits per heavy atom. The molecule has 0 fully saturated rings. The van der Waals surface area contributed by atoms with Gasteiger partial charge in [0.1, 0.15) is 0 Å². The molecule has 0 aliphatic rings. The first kappa shape index (κ1) is 22.5. The molecule has 0 rings (SSSR count). The standard InChI is InChI=1S/C16H35N.CH2O3/c1-2-3-4-5-6-7-8-9-10-11-12-13-14-15-16-17;2-1(3)4/h2-17H2,1H3;(H2,2,3,4). The summed E-state index contributed by atoms with van der Waals surface area (Å²) in [6.07, 6.45) is 18.1. The van der Waals surface area contributed by atoms with E-state index in [1.165, 1.54) is 89.9 Å². The predicted molar refractivity (Wildman–Crippen MR) is 86.1 cm³/mol. The van der Waals surface area contributed by atoms with E-state index in [1.807, 2.05) is 0 Å². The highest BCUT2D eigenvalue weighted by Crippen LogP contribution is 2.12. The summed E-state index contributed by atoms with van der Waals surface area (Å²) in [7, 11) is 0. The molecule has 0 atom stereocenters. The Kier molecular flexibility index (Phi) is 23.1. The Hall–Kier alpha value is -0.770. The van der Waals surface area contributed by atoms with Crippen molar-refractivity contribution in [3.05, 3.63) is 0 Å². The molecule has 4 N–H and O–H groups in total. The molecule has 0 saturated heterocycles. The van der Waals surface area contributed by atoms with Gasteiger partial charge in [-0.3, -0.25) is 0 Å². The third-order valence-corrected chi connectivity index (χ3v) is 3.60. The lowest BCUT2D eigenvalue weighted by molar-refractivity contribution is -0.368. The molecule has 0 saturated carbocycles. The zero-order valence-electron chi connectivity index (χ0n) is 14.1. The summed E-state index contributed by atoms with van der Waals surface area (Å²) >= 11 is 0. The van der Waals surface area contributed by atoms with E-state index in [2.05, 4.69) is 12.7 Å². The third-order valence-electron chi connectivity index (χ3n) is 3.60. The maximum Gasteiger partial charge on any atom is 0.249 e.